The third-order valence-electron chi connectivity index (χ3n) is 4.27. The Hall–Kier alpha value is -2.34. The number of likely N-dealkylation sites (N-methyl/N-ethyl adjacent to an activating group) is 1. The zero-order chi connectivity index (χ0) is 17.6. The van der Waals surface area contributed by atoms with Gasteiger partial charge < -0.3 is 19.9 Å². The Morgan fingerprint density at radius 2 is 1.80 bits per heavy atom. The maximum Gasteiger partial charge on any atom is 0.229 e. The van der Waals surface area contributed by atoms with Crippen molar-refractivity contribution in [2.75, 3.05) is 42.9 Å². The van der Waals surface area contributed by atoms with E-state index in [1.54, 1.807) is 0 Å². The molecule has 1 aromatic carbocycles. The van der Waals surface area contributed by atoms with Crippen molar-refractivity contribution < 1.29 is 4.74 Å². The highest BCUT2D eigenvalue weighted by molar-refractivity contribution is 5.56. The van der Waals surface area contributed by atoms with Crippen molar-refractivity contribution in [1.29, 1.82) is 0 Å². The van der Waals surface area contributed by atoms with Crippen LogP contribution in [0.1, 0.15) is 20.8 Å². The molecule has 0 radical (unpaired) electrons. The second-order valence-corrected chi connectivity index (χ2v) is 6.48. The second-order valence-electron chi connectivity index (χ2n) is 6.48. The zero-order valence-electron chi connectivity index (χ0n) is 15.3. The SMILES string of the molecule is CCN1CCN(c2ccnc(Nc3ccc(OC(C)C)cc3)n2)CC1. The topological polar surface area (TPSA) is 53.5 Å². The lowest BCUT2D eigenvalue weighted by molar-refractivity contribution is 0.242. The first kappa shape index (κ1) is 17.5. The molecule has 0 aliphatic carbocycles. The normalized spacial score (nSPS) is 15.4. The number of aromatic nitrogens is 2. The highest BCUT2D eigenvalue weighted by Gasteiger charge is 2.17. The van der Waals surface area contributed by atoms with Crippen molar-refractivity contribution in [2.45, 2.75) is 26.9 Å². The number of hydrogen-bond donors (Lipinski definition) is 1. The van der Waals surface area contributed by atoms with E-state index < -0.39 is 0 Å². The number of benzene rings is 1. The summed E-state index contributed by atoms with van der Waals surface area (Å²) in [4.78, 5) is 13.8. The number of nitrogens with one attached hydrogen (secondary N) is 1. The summed E-state index contributed by atoms with van der Waals surface area (Å²) < 4.78 is 5.67. The van der Waals surface area contributed by atoms with Crippen LogP contribution in [0, 0.1) is 0 Å². The third kappa shape index (κ3) is 4.82. The van der Waals surface area contributed by atoms with Gasteiger partial charge >= 0.3 is 0 Å². The minimum atomic E-state index is 0.173. The fourth-order valence-electron chi connectivity index (χ4n) is 2.90. The Morgan fingerprint density at radius 1 is 1.08 bits per heavy atom. The van der Waals surface area contributed by atoms with E-state index in [2.05, 4.69) is 32.0 Å². The summed E-state index contributed by atoms with van der Waals surface area (Å²) in [6.07, 6.45) is 1.99. The van der Waals surface area contributed by atoms with Crippen LogP contribution in [0.25, 0.3) is 0 Å². The summed E-state index contributed by atoms with van der Waals surface area (Å²) in [5, 5.41) is 3.27. The molecule has 2 heterocycles. The van der Waals surface area contributed by atoms with Crippen LogP contribution in [-0.4, -0.2) is 53.7 Å². The van der Waals surface area contributed by atoms with Gasteiger partial charge in [-0.1, -0.05) is 6.92 Å². The summed E-state index contributed by atoms with van der Waals surface area (Å²) in [7, 11) is 0. The fraction of sp³-hybridized carbons (Fsp3) is 0.474. The van der Waals surface area contributed by atoms with Crippen LogP contribution in [0.3, 0.4) is 0 Å². The summed E-state index contributed by atoms with van der Waals surface area (Å²) in [5.41, 5.74) is 0.948. The van der Waals surface area contributed by atoms with Crippen LogP contribution in [0.2, 0.25) is 0 Å². The summed E-state index contributed by atoms with van der Waals surface area (Å²) >= 11 is 0. The zero-order valence-corrected chi connectivity index (χ0v) is 15.3. The van der Waals surface area contributed by atoms with E-state index >= 15 is 0 Å². The first-order valence-electron chi connectivity index (χ1n) is 8.98. The van der Waals surface area contributed by atoms with Gasteiger partial charge in [0.2, 0.25) is 5.95 Å². The van der Waals surface area contributed by atoms with E-state index in [0.717, 1.165) is 50.0 Å². The van der Waals surface area contributed by atoms with Gasteiger partial charge in [0, 0.05) is 38.1 Å². The minimum Gasteiger partial charge on any atom is -0.491 e. The first-order chi connectivity index (χ1) is 12.1. The Balaban J connectivity index is 1.63. The molecule has 0 spiro atoms. The largest absolute Gasteiger partial charge is 0.491 e. The van der Waals surface area contributed by atoms with Crippen LogP contribution in [-0.2, 0) is 0 Å². The maximum atomic E-state index is 5.67. The minimum absolute atomic E-state index is 0.173. The van der Waals surface area contributed by atoms with E-state index in [1.165, 1.54) is 0 Å². The van der Waals surface area contributed by atoms with Crippen molar-refractivity contribution in [3.05, 3.63) is 36.5 Å². The maximum absolute atomic E-state index is 5.67. The molecular weight excluding hydrogens is 314 g/mol. The molecule has 6 heteroatoms. The van der Waals surface area contributed by atoms with Gasteiger partial charge in [-0.15, -0.1) is 0 Å². The van der Waals surface area contributed by atoms with Crippen molar-refractivity contribution in [3.63, 3.8) is 0 Å². The summed E-state index contributed by atoms with van der Waals surface area (Å²) in [5.74, 6) is 2.46. The molecular formula is C19H27N5O. The van der Waals surface area contributed by atoms with Crippen LogP contribution in [0.5, 0.6) is 5.75 Å². The molecule has 3 rings (SSSR count). The van der Waals surface area contributed by atoms with Crippen LogP contribution in [0.15, 0.2) is 36.5 Å². The van der Waals surface area contributed by atoms with Gasteiger partial charge in [0.1, 0.15) is 11.6 Å². The molecule has 0 amide bonds. The van der Waals surface area contributed by atoms with E-state index in [1.807, 2.05) is 50.4 Å². The van der Waals surface area contributed by atoms with Crippen LogP contribution < -0.4 is 15.0 Å². The Labute approximate surface area is 149 Å². The van der Waals surface area contributed by atoms with Gasteiger partial charge in [-0.3, -0.25) is 0 Å². The second kappa shape index (κ2) is 8.16. The smallest absolute Gasteiger partial charge is 0.229 e. The van der Waals surface area contributed by atoms with E-state index in [-0.39, 0.29) is 6.10 Å². The summed E-state index contributed by atoms with van der Waals surface area (Å²) in [6, 6.07) is 9.85. The van der Waals surface area contributed by atoms with Gasteiger partial charge in [-0.25, -0.2) is 4.98 Å². The number of hydrogen-bond acceptors (Lipinski definition) is 6. The van der Waals surface area contributed by atoms with Crippen LogP contribution >= 0.6 is 0 Å². The predicted molar refractivity (Wildman–Crippen MR) is 102 cm³/mol. The molecule has 134 valence electrons. The van der Waals surface area contributed by atoms with Crippen molar-refractivity contribution in [1.82, 2.24) is 14.9 Å². The molecule has 1 aromatic heterocycles. The van der Waals surface area contributed by atoms with Gasteiger partial charge in [0.05, 0.1) is 6.10 Å². The standard InChI is InChI=1S/C19H27N5O/c1-4-23-11-13-24(14-12-23)18-9-10-20-19(22-18)21-16-5-7-17(8-6-16)25-15(2)3/h5-10,15H,4,11-14H2,1-3H3,(H,20,21,22). The average Bonchev–Trinajstić information content (AvgIpc) is 2.63. The summed E-state index contributed by atoms with van der Waals surface area (Å²) in [6.45, 7) is 11.5. The van der Waals surface area contributed by atoms with E-state index in [4.69, 9.17) is 4.74 Å². The number of rotatable bonds is 6. The number of anilines is 3. The molecule has 1 aliphatic rings. The lowest BCUT2D eigenvalue weighted by Gasteiger charge is -2.34. The molecule has 1 fully saturated rings. The van der Waals surface area contributed by atoms with Crippen LogP contribution in [0.4, 0.5) is 17.5 Å². The monoisotopic (exact) mass is 341 g/mol. The van der Waals surface area contributed by atoms with Crippen molar-refractivity contribution in [2.24, 2.45) is 0 Å². The molecule has 6 nitrogen and oxygen atoms in total. The number of nitrogens with zero attached hydrogens (tertiary/aromatic N) is 4. The Kier molecular flexibility index (Phi) is 5.71. The van der Waals surface area contributed by atoms with Gasteiger partial charge in [0.25, 0.3) is 0 Å². The Bertz CT molecular complexity index is 666. The fourth-order valence-corrected chi connectivity index (χ4v) is 2.90. The molecule has 0 bridgehead atoms. The highest BCUT2D eigenvalue weighted by Crippen LogP contribution is 2.21. The van der Waals surface area contributed by atoms with Gasteiger partial charge in [-0.2, -0.15) is 4.98 Å². The predicted octanol–water partition coefficient (Wildman–Crippen LogP) is 3.15. The van der Waals surface area contributed by atoms with E-state index in [9.17, 15) is 0 Å². The molecule has 2 aromatic rings. The molecule has 25 heavy (non-hydrogen) atoms. The Morgan fingerprint density at radius 3 is 2.44 bits per heavy atom. The van der Waals surface area contributed by atoms with Crippen molar-refractivity contribution in [3.8, 4) is 5.75 Å². The lowest BCUT2D eigenvalue weighted by Crippen LogP contribution is -2.46. The number of ether oxygens (including phenoxy) is 1. The molecule has 0 unspecified atom stereocenters. The molecule has 1 N–H and O–H groups in total. The highest BCUT2D eigenvalue weighted by atomic mass is 16.5. The molecule has 0 atom stereocenters. The number of piperazine rings is 1. The van der Waals surface area contributed by atoms with Gasteiger partial charge in [0.15, 0.2) is 0 Å². The molecule has 1 aliphatic heterocycles. The third-order valence-corrected chi connectivity index (χ3v) is 4.27. The lowest BCUT2D eigenvalue weighted by atomic mass is 10.3. The average molecular weight is 341 g/mol. The first-order valence-corrected chi connectivity index (χ1v) is 8.98. The quantitative estimate of drug-likeness (QED) is 0.871. The van der Waals surface area contributed by atoms with Gasteiger partial charge in [-0.05, 0) is 50.7 Å². The molecule has 0 saturated carbocycles. The van der Waals surface area contributed by atoms with Crippen molar-refractivity contribution >= 4 is 17.5 Å². The van der Waals surface area contributed by atoms with E-state index in [0.29, 0.717) is 5.95 Å². The molecule has 1 saturated heterocycles.